The van der Waals surface area contributed by atoms with Gasteiger partial charge in [-0.2, -0.15) is 0 Å². The standard InChI is InChI=1S/C20H23N3O2/c1-15(2)12-19(24)14-22-20(25)23-18-8-5-6-16(13-18)9-10-17-7-3-4-11-21-17/h3-8,11,13,15,19,24H,12,14H2,1-2H3,(H2,22,23,25). The van der Waals surface area contributed by atoms with Crippen LogP contribution in [0.5, 0.6) is 0 Å². The molecule has 0 bridgehead atoms. The number of aliphatic hydroxyl groups excluding tert-OH is 1. The van der Waals surface area contributed by atoms with Crippen LogP contribution in [0, 0.1) is 17.8 Å². The van der Waals surface area contributed by atoms with E-state index in [4.69, 9.17) is 0 Å². The number of hydrogen-bond acceptors (Lipinski definition) is 3. The predicted octanol–water partition coefficient (Wildman–Crippen LogP) is 3.01. The first-order valence-electron chi connectivity index (χ1n) is 8.29. The van der Waals surface area contributed by atoms with E-state index >= 15 is 0 Å². The summed E-state index contributed by atoms with van der Waals surface area (Å²) >= 11 is 0. The zero-order chi connectivity index (χ0) is 18.1. The van der Waals surface area contributed by atoms with Crippen LogP contribution in [0.2, 0.25) is 0 Å². The number of anilines is 1. The maximum atomic E-state index is 11.9. The van der Waals surface area contributed by atoms with E-state index in [1.807, 2.05) is 44.2 Å². The molecular weight excluding hydrogens is 314 g/mol. The normalized spacial score (nSPS) is 11.4. The van der Waals surface area contributed by atoms with Crippen LogP contribution in [0.3, 0.4) is 0 Å². The molecule has 5 heteroatoms. The summed E-state index contributed by atoms with van der Waals surface area (Å²) in [6, 6.07) is 12.5. The number of nitrogens with zero attached hydrogens (tertiary/aromatic N) is 1. The number of hydrogen-bond donors (Lipinski definition) is 3. The van der Waals surface area contributed by atoms with Crippen molar-refractivity contribution in [3.63, 3.8) is 0 Å². The summed E-state index contributed by atoms with van der Waals surface area (Å²) in [7, 11) is 0. The Balaban J connectivity index is 1.91. The molecule has 130 valence electrons. The topological polar surface area (TPSA) is 74.2 Å². The molecule has 1 aromatic heterocycles. The number of amides is 2. The van der Waals surface area contributed by atoms with Crippen LogP contribution in [0.4, 0.5) is 10.5 Å². The Bertz CT molecular complexity index is 748. The van der Waals surface area contributed by atoms with Crippen LogP contribution in [0.1, 0.15) is 31.5 Å². The quantitative estimate of drug-likeness (QED) is 0.734. The Kier molecular flexibility index (Phi) is 7.00. The van der Waals surface area contributed by atoms with E-state index < -0.39 is 6.10 Å². The van der Waals surface area contributed by atoms with Crippen molar-refractivity contribution >= 4 is 11.7 Å². The number of urea groups is 1. The second-order valence-corrected chi connectivity index (χ2v) is 6.16. The fraction of sp³-hybridized carbons (Fsp3) is 0.300. The average molecular weight is 337 g/mol. The van der Waals surface area contributed by atoms with Crippen LogP contribution in [-0.2, 0) is 0 Å². The Hall–Kier alpha value is -2.84. The first-order chi connectivity index (χ1) is 12.0. The molecule has 2 rings (SSSR count). The largest absolute Gasteiger partial charge is 0.391 e. The summed E-state index contributed by atoms with van der Waals surface area (Å²) in [6.07, 6.45) is 1.81. The molecule has 5 nitrogen and oxygen atoms in total. The van der Waals surface area contributed by atoms with Crippen molar-refractivity contribution in [3.8, 4) is 11.8 Å². The summed E-state index contributed by atoms with van der Waals surface area (Å²) in [5.41, 5.74) is 2.12. The van der Waals surface area contributed by atoms with Gasteiger partial charge in [0.15, 0.2) is 0 Å². The molecule has 0 spiro atoms. The van der Waals surface area contributed by atoms with Gasteiger partial charge in [-0.15, -0.1) is 0 Å². The molecule has 1 heterocycles. The van der Waals surface area contributed by atoms with Crippen molar-refractivity contribution in [1.29, 1.82) is 0 Å². The lowest BCUT2D eigenvalue weighted by molar-refractivity contribution is 0.148. The zero-order valence-electron chi connectivity index (χ0n) is 14.5. The van der Waals surface area contributed by atoms with Crippen molar-refractivity contribution in [3.05, 3.63) is 59.9 Å². The summed E-state index contributed by atoms with van der Waals surface area (Å²) in [4.78, 5) is 16.1. The van der Waals surface area contributed by atoms with Gasteiger partial charge in [-0.3, -0.25) is 0 Å². The SMILES string of the molecule is CC(C)CC(O)CNC(=O)Nc1cccc(C#Cc2ccccn2)c1. The van der Waals surface area contributed by atoms with E-state index in [0.29, 0.717) is 23.7 Å². The number of rotatable bonds is 5. The highest BCUT2D eigenvalue weighted by molar-refractivity contribution is 5.89. The minimum absolute atomic E-state index is 0.225. The summed E-state index contributed by atoms with van der Waals surface area (Å²) in [6.45, 7) is 4.28. The predicted molar refractivity (Wildman–Crippen MR) is 99.1 cm³/mol. The smallest absolute Gasteiger partial charge is 0.319 e. The van der Waals surface area contributed by atoms with Gasteiger partial charge in [-0.25, -0.2) is 9.78 Å². The molecule has 0 saturated carbocycles. The third-order valence-corrected chi connectivity index (χ3v) is 3.36. The van der Waals surface area contributed by atoms with Crippen molar-refractivity contribution in [2.24, 2.45) is 5.92 Å². The molecule has 0 aliphatic rings. The highest BCUT2D eigenvalue weighted by atomic mass is 16.3. The number of aliphatic hydroxyl groups is 1. The fourth-order valence-electron chi connectivity index (χ4n) is 2.26. The number of aromatic nitrogens is 1. The fourth-order valence-corrected chi connectivity index (χ4v) is 2.26. The van der Waals surface area contributed by atoms with Gasteiger partial charge in [0.2, 0.25) is 0 Å². The van der Waals surface area contributed by atoms with Crippen LogP contribution >= 0.6 is 0 Å². The second-order valence-electron chi connectivity index (χ2n) is 6.16. The number of carbonyl (C=O) groups excluding carboxylic acids is 1. The monoisotopic (exact) mass is 337 g/mol. The molecule has 0 saturated heterocycles. The molecule has 2 aromatic rings. The van der Waals surface area contributed by atoms with Crippen molar-refractivity contribution in [1.82, 2.24) is 10.3 Å². The summed E-state index contributed by atoms with van der Waals surface area (Å²) < 4.78 is 0. The number of nitrogens with one attached hydrogen (secondary N) is 2. The molecule has 0 radical (unpaired) electrons. The third kappa shape index (κ3) is 7.06. The third-order valence-electron chi connectivity index (χ3n) is 3.36. The van der Waals surface area contributed by atoms with Crippen molar-refractivity contribution < 1.29 is 9.90 Å². The van der Waals surface area contributed by atoms with Crippen LogP contribution in [-0.4, -0.2) is 28.8 Å². The number of carbonyl (C=O) groups is 1. The van der Waals surface area contributed by atoms with E-state index in [0.717, 1.165) is 5.56 Å². The molecule has 0 aliphatic carbocycles. The number of pyridine rings is 1. The van der Waals surface area contributed by atoms with E-state index in [9.17, 15) is 9.90 Å². The van der Waals surface area contributed by atoms with Crippen LogP contribution in [0.25, 0.3) is 0 Å². The van der Waals surface area contributed by atoms with E-state index in [1.165, 1.54) is 0 Å². The van der Waals surface area contributed by atoms with E-state index in [-0.39, 0.29) is 12.6 Å². The van der Waals surface area contributed by atoms with Crippen molar-refractivity contribution in [2.75, 3.05) is 11.9 Å². The lowest BCUT2D eigenvalue weighted by Crippen LogP contribution is -2.35. The van der Waals surface area contributed by atoms with Gasteiger partial charge in [0.05, 0.1) is 6.10 Å². The van der Waals surface area contributed by atoms with Crippen molar-refractivity contribution in [2.45, 2.75) is 26.4 Å². The highest BCUT2D eigenvalue weighted by Crippen LogP contribution is 2.10. The lowest BCUT2D eigenvalue weighted by atomic mass is 10.1. The maximum Gasteiger partial charge on any atom is 0.319 e. The zero-order valence-corrected chi connectivity index (χ0v) is 14.5. The second kappa shape index (κ2) is 9.45. The minimum Gasteiger partial charge on any atom is -0.391 e. The average Bonchev–Trinajstić information content (AvgIpc) is 2.59. The van der Waals surface area contributed by atoms with Gasteiger partial charge >= 0.3 is 6.03 Å². The Morgan fingerprint density at radius 2 is 2.04 bits per heavy atom. The summed E-state index contributed by atoms with van der Waals surface area (Å²) in [5, 5.41) is 15.2. The summed E-state index contributed by atoms with van der Waals surface area (Å²) in [5.74, 6) is 6.38. The van der Waals surface area contributed by atoms with Gasteiger partial charge in [0, 0.05) is 24.0 Å². The molecule has 1 aromatic carbocycles. The molecule has 1 atom stereocenters. The van der Waals surface area contributed by atoms with Crippen LogP contribution < -0.4 is 10.6 Å². The van der Waals surface area contributed by atoms with E-state index in [1.54, 1.807) is 18.3 Å². The molecule has 1 unspecified atom stereocenters. The molecule has 25 heavy (non-hydrogen) atoms. The van der Waals surface area contributed by atoms with Gasteiger partial charge < -0.3 is 15.7 Å². The molecule has 0 fully saturated rings. The lowest BCUT2D eigenvalue weighted by Gasteiger charge is -2.14. The first kappa shape index (κ1) is 18.5. The molecule has 3 N–H and O–H groups in total. The minimum atomic E-state index is -0.540. The van der Waals surface area contributed by atoms with Gasteiger partial charge in [0.25, 0.3) is 0 Å². The number of benzene rings is 1. The Labute approximate surface area is 148 Å². The molecular formula is C20H23N3O2. The molecule has 0 aliphatic heterocycles. The highest BCUT2D eigenvalue weighted by Gasteiger charge is 2.09. The maximum absolute atomic E-state index is 11.9. The van der Waals surface area contributed by atoms with Gasteiger partial charge in [-0.05, 0) is 48.6 Å². The van der Waals surface area contributed by atoms with Gasteiger partial charge in [0.1, 0.15) is 5.69 Å². The van der Waals surface area contributed by atoms with E-state index in [2.05, 4.69) is 27.5 Å². The molecule has 2 amide bonds. The Morgan fingerprint density at radius 3 is 2.76 bits per heavy atom. The first-order valence-corrected chi connectivity index (χ1v) is 8.29. The Morgan fingerprint density at radius 1 is 1.20 bits per heavy atom. The van der Waals surface area contributed by atoms with Crippen LogP contribution in [0.15, 0.2) is 48.7 Å². The van der Waals surface area contributed by atoms with Gasteiger partial charge in [-0.1, -0.05) is 31.9 Å².